The normalized spacial score (nSPS) is 16.1. The predicted molar refractivity (Wildman–Crippen MR) is 91.9 cm³/mol. The molecule has 1 N–H and O–H groups in total. The van der Waals surface area contributed by atoms with Gasteiger partial charge in [-0.05, 0) is 48.0 Å². The van der Waals surface area contributed by atoms with Crippen molar-refractivity contribution >= 4 is 58.5 Å². The highest BCUT2D eigenvalue weighted by atomic mass is 35.5. The fraction of sp³-hybridized carbons (Fsp3) is 0. The van der Waals surface area contributed by atoms with Gasteiger partial charge in [-0.1, -0.05) is 40.9 Å². The van der Waals surface area contributed by atoms with Crippen molar-refractivity contribution in [1.29, 1.82) is 0 Å². The van der Waals surface area contributed by atoms with Crippen molar-refractivity contribution < 1.29 is 9.59 Å². The summed E-state index contributed by atoms with van der Waals surface area (Å²) in [5.41, 5.74) is 1.25. The zero-order chi connectivity index (χ0) is 16.6. The lowest BCUT2D eigenvalue weighted by Crippen LogP contribution is -2.30. The quantitative estimate of drug-likeness (QED) is 0.615. The van der Waals surface area contributed by atoms with Crippen LogP contribution in [0.15, 0.2) is 48.2 Å². The summed E-state index contributed by atoms with van der Waals surface area (Å²) >= 11 is 17.6. The van der Waals surface area contributed by atoms with Crippen LogP contribution in [0.4, 0.5) is 10.5 Å². The molecule has 3 amide bonds. The van der Waals surface area contributed by atoms with Crippen LogP contribution in [0, 0.1) is 0 Å². The Balaban J connectivity index is 1.92. The molecule has 3 rings (SSSR count). The van der Waals surface area contributed by atoms with Crippen molar-refractivity contribution in [3.63, 3.8) is 0 Å². The van der Waals surface area contributed by atoms with Gasteiger partial charge < -0.3 is 5.32 Å². The van der Waals surface area contributed by atoms with Crippen LogP contribution in [0.2, 0.25) is 15.1 Å². The minimum atomic E-state index is -0.524. The van der Waals surface area contributed by atoms with E-state index in [1.165, 1.54) is 0 Å². The van der Waals surface area contributed by atoms with Crippen LogP contribution in [-0.2, 0) is 4.79 Å². The standard InChI is InChI=1S/C16H9Cl3N2O2/c17-10-2-4-11(5-3-10)21-15(22)14(20-16(21)23)8-9-1-6-12(18)13(19)7-9/h1-8H,(H,20,23)/b14-8+. The Kier molecular flexibility index (Phi) is 4.31. The molecule has 7 heteroatoms. The minimum absolute atomic E-state index is 0.156. The van der Waals surface area contributed by atoms with E-state index >= 15 is 0 Å². The van der Waals surface area contributed by atoms with Crippen molar-refractivity contribution in [3.8, 4) is 0 Å². The molecule has 0 aromatic heterocycles. The van der Waals surface area contributed by atoms with Gasteiger partial charge in [0.2, 0.25) is 0 Å². The Morgan fingerprint density at radius 2 is 1.61 bits per heavy atom. The molecule has 2 aromatic rings. The number of halogens is 3. The zero-order valence-electron chi connectivity index (χ0n) is 11.5. The molecule has 1 saturated heterocycles. The maximum atomic E-state index is 12.4. The molecule has 0 spiro atoms. The van der Waals surface area contributed by atoms with Gasteiger partial charge in [-0.25, -0.2) is 9.69 Å². The fourth-order valence-electron chi connectivity index (χ4n) is 2.13. The number of amides is 3. The second-order valence-corrected chi connectivity index (χ2v) is 6.03. The van der Waals surface area contributed by atoms with Crippen LogP contribution in [-0.4, -0.2) is 11.9 Å². The predicted octanol–water partition coefficient (Wildman–Crippen LogP) is 4.74. The Bertz CT molecular complexity index is 832. The molecule has 0 radical (unpaired) electrons. The summed E-state index contributed by atoms with van der Waals surface area (Å²) in [6, 6.07) is 10.8. The van der Waals surface area contributed by atoms with E-state index in [2.05, 4.69) is 5.32 Å². The van der Waals surface area contributed by atoms with E-state index < -0.39 is 11.9 Å². The van der Waals surface area contributed by atoms with Crippen molar-refractivity contribution in [1.82, 2.24) is 5.32 Å². The van der Waals surface area contributed by atoms with Gasteiger partial charge in [-0.15, -0.1) is 0 Å². The number of urea groups is 1. The first kappa shape index (κ1) is 15.9. The topological polar surface area (TPSA) is 49.4 Å². The highest BCUT2D eigenvalue weighted by Crippen LogP contribution is 2.26. The number of hydrogen-bond acceptors (Lipinski definition) is 2. The van der Waals surface area contributed by atoms with Gasteiger partial charge in [0.15, 0.2) is 0 Å². The zero-order valence-corrected chi connectivity index (χ0v) is 13.8. The lowest BCUT2D eigenvalue weighted by molar-refractivity contribution is -0.113. The molecule has 1 heterocycles. The molecule has 116 valence electrons. The fourth-order valence-corrected chi connectivity index (χ4v) is 2.56. The third-order valence-corrected chi connectivity index (χ3v) is 4.21. The molecular weight excluding hydrogens is 359 g/mol. The Morgan fingerprint density at radius 3 is 2.26 bits per heavy atom. The highest BCUT2D eigenvalue weighted by molar-refractivity contribution is 6.42. The number of carbonyl (C=O) groups is 2. The number of nitrogens with one attached hydrogen (secondary N) is 1. The summed E-state index contributed by atoms with van der Waals surface area (Å²) in [5.74, 6) is -0.455. The monoisotopic (exact) mass is 366 g/mol. The molecule has 0 bridgehead atoms. The van der Waals surface area contributed by atoms with Crippen LogP contribution in [0.1, 0.15) is 5.56 Å². The van der Waals surface area contributed by atoms with Gasteiger partial charge in [0.25, 0.3) is 5.91 Å². The number of imide groups is 1. The molecule has 1 fully saturated rings. The molecule has 4 nitrogen and oxygen atoms in total. The third-order valence-electron chi connectivity index (χ3n) is 3.22. The lowest BCUT2D eigenvalue weighted by Gasteiger charge is -2.11. The largest absolute Gasteiger partial charge is 0.333 e. The third kappa shape index (κ3) is 3.20. The molecule has 1 aliphatic rings. The van der Waals surface area contributed by atoms with E-state index in [1.54, 1.807) is 48.5 Å². The van der Waals surface area contributed by atoms with Crippen molar-refractivity contribution in [3.05, 3.63) is 68.8 Å². The van der Waals surface area contributed by atoms with Crippen molar-refractivity contribution in [2.75, 3.05) is 4.90 Å². The molecule has 2 aromatic carbocycles. The summed E-state index contributed by atoms with van der Waals surface area (Å²) in [7, 11) is 0. The number of anilines is 1. The second-order valence-electron chi connectivity index (χ2n) is 4.78. The van der Waals surface area contributed by atoms with Gasteiger partial charge in [0.1, 0.15) is 5.70 Å². The van der Waals surface area contributed by atoms with E-state index in [-0.39, 0.29) is 5.70 Å². The summed E-state index contributed by atoms with van der Waals surface area (Å²) in [5, 5.41) is 3.84. The molecule has 0 saturated carbocycles. The maximum absolute atomic E-state index is 12.4. The van der Waals surface area contributed by atoms with Crippen molar-refractivity contribution in [2.24, 2.45) is 0 Å². The SMILES string of the molecule is O=C1N/C(=C/c2ccc(Cl)c(Cl)c2)C(=O)N1c1ccc(Cl)cc1. The van der Waals surface area contributed by atoms with Crippen LogP contribution in [0.25, 0.3) is 6.08 Å². The van der Waals surface area contributed by atoms with E-state index in [0.29, 0.717) is 26.3 Å². The first-order chi connectivity index (χ1) is 11.0. The molecular formula is C16H9Cl3N2O2. The Labute approximate surface area is 147 Å². The van der Waals surface area contributed by atoms with Crippen molar-refractivity contribution in [2.45, 2.75) is 0 Å². The molecule has 0 atom stereocenters. The summed E-state index contributed by atoms with van der Waals surface area (Å²) in [6.07, 6.45) is 1.54. The van der Waals surface area contributed by atoms with Crippen LogP contribution >= 0.6 is 34.8 Å². The Morgan fingerprint density at radius 1 is 0.913 bits per heavy atom. The smallest absolute Gasteiger partial charge is 0.302 e. The number of nitrogens with zero attached hydrogens (tertiary/aromatic N) is 1. The second kappa shape index (κ2) is 6.24. The average molecular weight is 368 g/mol. The van der Waals surface area contributed by atoms with Gasteiger partial charge in [-0.2, -0.15) is 0 Å². The number of benzene rings is 2. The number of carbonyl (C=O) groups excluding carboxylic acids is 2. The summed E-state index contributed by atoms with van der Waals surface area (Å²) in [4.78, 5) is 25.5. The first-order valence-corrected chi connectivity index (χ1v) is 7.67. The molecule has 0 unspecified atom stereocenters. The lowest BCUT2D eigenvalue weighted by atomic mass is 10.2. The summed E-state index contributed by atoms with van der Waals surface area (Å²) in [6.45, 7) is 0. The van der Waals surface area contributed by atoms with Gasteiger partial charge in [-0.3, -0.25) is 4.79 Å². The average Bonchev–Trinajstić information content (AvgIpc) is 2.79. The van der Waals surface area contributed by atoms with E-state index in [1.807, 2.05) is 0 Å². The van der Waals surface area contributed by atoms with Crippen LogP contribution in [0.3, 0.4) is 0 Å². The first-order valence-electron chi connectivity index (χ1n) is 6.53. The van der Waals surface area contributed by atoms with Gasteiger partial charge >= 0.3 is 6.03 Å². The van der Waals surface area contributed by atoms with Gasteiger partial charge in [0, 0.05) is 5.02 Å². The van der Waals surface area contributed by atoms with E-state index in [4.69, 9.17) is 34.8 Å². The summed E-state index contributed by atoms with van der Waals surface area (Å²) < 4.78 is 0. The number of hydrogen-bond donors (Lipinski definition) is 1. The molecule has 0 aliphatic carbocycles. The van der Waals surface area contributed by atoms with E-state index in [0.717, 1.165) is 4.90 Å². The van der Waals surface area contributed by atoms with Gasteiger partial charge in [0.05, 0.1) is 15.7 Å². The Hall–Kier alpha value is -2.01. The number of rotatable bonds is 2. The molecule has 23 heavy (non-hydrogen) atoms. The maximum Gasteiger partial charge on any atom is 0.333 e. The van der Waals surface area contributed by atoms with E-state index in [9.17, 15) is 9.59 Å². The minimum Gasteiger partial charge on any atom is -0.302 e. The van der Waals surface area contributed by atoms with Crippen LogP contribution < -0.4 is 10.2 Å². The molecule has 1 aliphatic heterocycles. The highest BCUT2D eigenvalue weighted by Gasteiger charge is 2.34. The van der Waals surface area contributed by atoms with Crippen LogP contribution in [0.5, 0.6) is 0 Å².